The topological polar surface area (TPSA) is 81.8 Å². The van der Waals surface area contributed by atoms with Gasteiger partial charge in [-0.3, -0.25) is 9.59 Å². The summed E-state index contributed by atoms with van der Waals surface area (Å²) >= 11 is 5.97. The molecule has 2 aromatic heterocycles. The smallest absolute Gasteiger partial charge is 0.295 e. The van der Waals surface area contributed by atoms with Gasteiger partial charge in [0, 0.05) is 11.6 Å². The van der Waals surface area contributed by atoms with Crippen LogP contribution in [0.15, 0.2) is 59.4 Å². The zero-order valence-electron chi connectivity index (χ0n) is 16.6. The van der Waals surface area contributed by atoms with Gasteiger partial charge < -0.3 is 5.32 Å². The van der Waals surface area contributed by atoms with Gasteiger partial charge in [0.05, 0.1) is 22.5 Å². The highest BCUT2D eigenvalue weighted by Crippen LogP contribution is 2.20. The monoisotopic (exact) mass is 421 g/mol. The van der Waals surface area contributed by atoms with E-state index in [0.29, 0.717) is 28.2 Å². The Morgan fingerprint density at radius 2 is 1.83 bits per heavy atom. The quantitative estimate of drug-likeness (QED) is 0.536. The molecule has 30 heavy (non-hydrogen) atoms. The molecule has 0 unspecified atom stereocenters. The highest BCUT2D eigenvalue weighted by molar-refractivity contribution is 6.30. The number of rotatable bonds is 5. The van der Waals surface area contributed by atoms with Crippen molar-refractivity contribution in [1.82, 2.24) is 24.9 Å². The van der Waals surface area contributed by atoms with Crippen LogP contribution in [0, 0.1) is 13.8 Å². The van der Waals surface area contributed by atoms with Gasteiger partial charge in [0.1, 0.15) is 6.54 Å². The van der Waals surface area contributed by atoms with Crippen molar-refractivity contribution in [3.63, 3.8) is 0 Å². The molecule has 7 nitrogen and oxygen atoms in total. The largest absolute Gasteiger partial charge is 0.350 e. The molecular weight excluding hydrogens is 402 g/mol. The number of hydrogen-bond acceptors (Lipinski definition) is 4. The number of aryl methyl sites for hydroxylation is 2. The molecule has 4 rings (SSSR count). The predicted octanol–water partition coefficient (Wildman–Crippen LogP) is 3.17. The summed E-state index contributed by atoms with van der Waals surface area (Å²) in [6.07, 6.45) is 0. The second-order valence-electron chi connectivity index (χ2n) is 7.01. The third kappa shape index (κ3) is 3.84. The van der Waals surface area contributed by atoms with Crippen LogP contribution in [0.3, 0.4) is 0 Å². The van der Waals surface area contributed by atoms with Crippen LogP contribution in [0.1, 0.15) is 17.0 Å². The number of carbonyl (C=O) groups excluding carboxylic acids is 1. The van der Waals surface area contributed by atoms with Crippen molar-refractivity contribution < 1.29 is 4.79 Å². The molecule has 1 amide bonds. The molecule has 0 spiro atoms. The Morgan fingerprint density at radius 3 is 2.57 bits per heavy atom. The minimum absolute atomic E-state index is 0.187. The van der Waals surface area contributed by atoms with Crippen molar-refractivity contribution in [3.05, 3.63) is 86.9 Å². The number of hydrogen-bond donors (Lipinski definition) is 1. The van der Waals surface area contributed by atoms with Crippen LogP contribution in [-0.4, -0.2) is 25.5 Å². The van der Waals surface area contributed by atoms with Crippen LogP contribution in [0.5, 0.6) is 0 Å². The number of fused-ring (bicyclic) bond motifs is 1. The second kappa shape index (κ2) is 8.12. The Bertz CT molecular complexity index is 1290. The van der Waals surface area contributed by atoms with Crippen molar-refractivity contribution >= 4 is 28.4 Å². The third-order valence-electron chi connectivity index (χ3n) is 4.86. The Balaban J connectivity index is 1.61. The van der Waals surface area contributed by atoms with E-state index in [1.54, 1.807) is 16.8 Å². The minimum Gasteiger partial charge on any atom is -0.350 e. The zero-order valence-corrected chi connectivity index (χ0v) is 17.3. The first-order chi connectivity index (χ1) is 14.4. The van der Waals surface area contributed by atoms with Crippen molar-refractivity contribution in [1.29, 1.82) is 0 Å². The maximum Gasteiger partial charge on any atom is 0.295 e. The van der Waals surface area contributed by atoms with Crippen molar-refractivity contribution in [2.45, 2.75) is 26.9 Å². The van der Waals surface area contributed by atoms with E-state index in [1.165, 1.54) is 0 Å². The number of halogens is 1. The van der Waals surface area contributed by atoms with Crippen LogP contribution in [0.2, 0.25) is 5.02 Å². The summed E-state index contributed by atoms with van der Waals surface area (Å²) in [5.74, 6) is -0.317. The zero-order chi connectivity index (χ0) is 21.3. The van der Waals surface area contributed by atoms with E-state index < -0.39 is 5.56 Å². The fourth-order valence-corrected chi connectivity index (χ4v) is 3.66. The summed E-state index contributed by atoms with van der Waals surface area (Å²) in [7, 11) is 0. The molecule has 0 aliphatic rings. The maximum absolute atomic E-state index is 13.0. The van der Waals surface area contributed by atoms with Gasteiger partial charge in [0.25, 0.3) is 5.56 Å². The van der Waals surface area contributed by atoms with Crippen LogP contribution < -0.4 is 10.9 Å². The number of amides is 1. The second-order valence-corrected chi connectivity index (χ2v) is 7.45. The van der Waals surface area contributed by atoms with Gasteiger partial charge in [-0.2, -0.15) is 10.2 Å². The van der Waals surface area contributed by atoms with E-state index in [9.17, 15) is 9.59 Å². The van der Waals surface area contributed by atoms with Crippen molar-refractivity contribution in [3.8, 4) is 5.69 Å². The minimum atomic E-state index is -0.397. The summed E-state index contributed by atoms with van der Waals surface area (Å²) in [6, 6.07) is 16.8. The van der Waals surface area contributed by atoms with Gasteiger partial charge in [0.2, 0.25) is 5.91 Å². The molecule has 0 fully saturated rings. The Hall–Kier alpha value is -3.45. The van der Waals surface area contributed by atoms with Gasteiger partial charge in [-0.1, -0.05) is 41.9 Å². The molecule has 0 saturated carbocycles. The molecule has 0 bridgehead atoms. The molecular formula is C22H20ClN5O2. The lowest BCUT2D eigenvalue weighted by molar-refractivity contribution is -0.122. The first kappa shape index (κ1) is 19.8. The normalized spacial score (nSPS) is 11.0. The number of nitrogens with zero attached hydrogens (tertiary/aromatic N) is 4. The molecule has 1 N–H and O–H groups in total. The van der Waals surface area contributed by atoms with Crippen LogP contribution in [0.4, 0.5) is 0 Å². The molecule has 2 heterocycles. The van der Waals surface area contributed by atoms with Gasteiger partial charge in [-0.25, -0.2) is 9.36 Å². The fraction of sp³-hybridized carbons (Fsp3) is 0.182. The summed E-state index contributed by atoms with van der Waals surface area (Å²) in [5, 5.41) is 13.0. The average Bonchev–Trinajstić information content (AvgIpc) is 3.09. The van der Waals surface area contributed by atoms with Gasteiger partial charge in [-0.05, 0) is 43.7 Å². The van der Waals surface area contributed by atoms with Gasteiger partial charge in [-0.15, -0.1) is 0 Å². The number of nitrogens with one attached hydrogen (secondary N) is 1. The lowest BCUT2D eigenvalue weighted by Crippen LogP contribution is -2.34. The van der Waals surface area contributed by atoms with Crippen molar-refractivity contribution in [2.75, 3.05) is 0 Å². The molecule has 0 aliphatic carbocycles. The first-order valence-corrected chi connectivity index (χ1v) is 9.85. The van der Waals surface area contributed by atoms with Crippen LogP contribution >= 0.6 is 11.6 Å². The molecule has 2 aromatic carbocycles. The van der Waals surface area contributed by atoms with Gasteiger partial charge >= 0.3 is 0 Å². The maximum atomic E-state index is 13.0. The molecule has 0 radical (unpaired) electrons. The van der Waals surface area contributed by atoms with E-state index in [2.05, 4.69) is 15.5 Å². The predicted molar refractivity (Wildman–Crippen MR) is 116 cm³/mol. The summed E-state index contributed by atoms with van der Waals surface area (Å²) < 4.78 is 2.89. The van der Waals surface area contributed by atoms with Crippen molar-refractivity contribution in [2.24, 2.45) is 0 Å². The number of benzene rings is 2. The lowest BCUT2D eigenvalue weighted by atomic mass is 10.2. The van der Waals surface area contributed by atoms with Gasteiger partial charge in [0.15, 0.2) is 5.52 Å². The number of aromatic nitrogens is 4. The number of para-hydroxylation sites is 1. The third-order valence-corrected chi connectivity index (χ3v) is 5.09. The van der Waals surface area contributed by atoms with Crippen LogP contribution in [0.25, 0.3) is 16.6 Å². The number of carbonyl (C=O) groups is 1. The summed E-state index contributed by atoms with van der Waals surface area (Å²) in [6.45, 7) is 3.84. The Labute approximate surface area is 177 Å². The highest BCUT2D eigenvalue weighted by atomic mass is 35.5. The molecule has 0 saturated heterocycles. The van der Waals surface area contributed by atoms with Crippen LogP contribution in [-0.2, 0) is 17.9 Å². The standard InChI is InChI=1S/C22H20ClN5O2/c1-14-20-15(2)28(18-9-4-3-5-10-18)26-21(20)22(30)27(25-14)13-19(29)24-12-16-7-6-8-17(23)11-16/h3-11H,12-13H2,1-2H3,(H,24,29). The molecule has 4 aromatic rings. The lowest BCUT2D eigenvalue weighted by Gasteiger charge is -2.08. The van der Waals surface area contributed by atoms with E-state index in [-0.39, 0.29) is 12.5 Å². The molecule has 0 atom stereocenters. The summed E-state index contributed by atoms with van der Waals surface area (Å²) in [4.78, 5) is 25.4. The van der Waals surface area contributed by atoms with E-state index >= 15 is 0 Å². The highest BCUT2D eigenvalue weighted by Gasteiger charge is 2.18. The Kier molecular flexibility index (Phi) is 5.37. The fourth-order valence-electron chi connectivity index (χ4n) is 3.45. The molecule has 8 heteroatoms. The summed E-state index contributed by atoms with van der Waals surface area (Å²) in [5.41, 5.74) is 3.11. The van der Waals surface area contributed by atoms with E-state index in [1.807, 2.05) is 56.3 Å². The Morgan fingerprint density at radius 1 is 1.07 bits per heavy atom. The SMILES string of the molecule is Cc1nn(CC(=O)NCc2cccc(Cl)c2)c(=O)c2nn(-c3ccccc3)c(C)c12. The molecule has 152 valence electrons. The van der Waals surface area contributed by atoms with E-state index in [4.69, 9.17) is 11.6 Å². The molecule has 0 aliphatic heterocycles. The average molecular weight is 422 g/mol. The first-order valence-electron chi connectivity index (χ1n) is 9.47. The van der Waals surface area contributed by atoms with E-state index in [0.717, 1.165) is 21.6 Å².